The Balaban J connectivity index is 1.37. The van der Waals surface area contributed by atoms with Gasteiger partial charge in [-0.25, -0.2) is 0 Å². The molecule has 4 rings (SSSR count). The first-order valence-electron chi connectivity index (χ1n) is 11.7. The smallest absolute Gasteiger partial charge is 0.238 e. The van der Waals surface area contributed by atoms with Crippen LogP contribution in [0.25, 0.3) is 0 Å². The third-order valence-electron chi connectivity index (χ3n) is 6.69. The number of pyridine rings is 1. The number of aromatic nitrogens is 1. The minimum absolute atomic E-state index is 0.0891. The molecule has 32 heavy (non-hydrogen) atoms. The number of anilines is 2. The molecule has 2 aliphatic heterocycles. The summed E-state index contributed by atoms with van der Waals surface area (Å²) in [6, 6.07) is 13.6. The third-order valence-corrected chi connectivity index (χ3v) is 6.69. The average molecular weight is 436 g/mol. The lowest BCUT2D eigenvalue weighted by Gasteiger charge is -2.40. The Hall–Kier alpha value is -2.93. The summed E-state index contributed by atoms with van der Waals surface area (Å²) in [6.07, 6.45) is 8.20. The molecule has 0 bridgehead atoms. The number of hydrogen-bond acceptors (Lipinski definition) is 5. The minimum atomic E-state index is -0.853. The highest BCUT2D eigenvalue weighted by molar-refractivity contribution is 5.92. The molecule has 0 saturated carbocycles. The maximum absolute atomic E-state index is 12.7. The van der Waals surface area contributed by atoms with Gasteiger partial charge in [0, 0.05) is 37.2 Å². The van der Waals surface area contributed by atoms with E-state index in [4.69, 9.17) is 5.73 Å². The molecule has 0 aliphatic carbocycles. The number of benzene rings is 1. The molecule has 2 saturated heterocycles. The summed E-state index contributed by atoms with van der Waals surface area (Å²) in [7, 11) is 0. The summed E-state index contributed by atoms with van der Waals surface area (Å²) in [5.74, 6) is -0.473. The summed E-state index contributed by atoms with van der Waals surface area (Å²) in [4.78, 5) is 34.0. The summed E-state index contributed by atoms with van der Waals surface area (Å²) in [5.41, 5.74) is 7.65. The van der Waals surface area contributed by atoms with Crippen molar-refractivity contribution in [2.45, 2.75) is 43.9 Å². The van der Waals surface area contributed by atoms with Crippen LogP contribution in [0.15, 0.2) is 48.7 Å². The van der Waals surface area contributed by atoms with Crippen LogP contribution in [0.1, 0.15) is 44.2 Å². The van der Waals surface area contributed by atoms with Crippen LogP contribution in [0, 0.1) is 0 Å². The number of likely N-dealkylation sites (tertiary alicyclic amines) is 1. The van der Waals surface area contributed by atoms with Gasteiger partial charge in [-0.3, -0.25) is 19.5 Å². The molecule has 3 N–H and O–H groups in total. The van der Waals surface area contributed by atoms with Crippen LogP contribution in [-0.2, 0) is 15.0 Å². The highest BCUT2D eigenvalue weighted by atomic mass is 16.2. The van der Waals surface area contributed by atoms with Gasteiger partial charge in [0.15, 0.2) is 0 Å². The zero-order valence-electron chi connectivity index (χ0n) is 18.6. The number of carbonyl (C=O) groups excluding carboxylic acids is 2. The first kappa shape index (κ1) is 22.3. The zero-order valence-corrected chi connectivity index (χ0v) is 18.6. The predicted octanol–water partition coefficient (Wildman–Crippen LogP) is 2.92. The van der Waals surface area contributed by atoms with Crippen LogP contribution in [0.4, 0.5) is 11.4 Å². The molecule has 2 fully saturated rings. The van der Waals surface area contributed by atoms with E-state index in [1.165, 1.54) is 31.4 Å². The zero-order chi connectivity index (χ0) is 22.4. The molecule has 7 heteroatoms. The molecule has 170 valence electrons. The summed E-state index contributed by atoms with van der Waals surface area (Å²) < 4.78 is 0. The quantitative estimate of drug-likeness (QED) is 0.728. The minimum Gasteiger partial charge on any atom is -0.372 e. The Morgan fingerprint density at radius 2 is 1.72 bits per heavy atom. The van der Waals surface area contributed by atoms with Crippen LogP contribution in [-0.4, -0.2) is 54.4 Å². The van der Waals surface area contributed by atoms with Gasteiger partial charge in [0.2, 0.25) is 11.8 Å². The van der Waals surface area contributed by atoms with Gasteiger partial charge < -0.3 is 16.0 Å². The number of nitrogens with two attached hydrogens (primary N) is 1. The van der Waals surface area contributed by atoms with Crippen molar-refractivity contribution in [1.82, 2.24) is 9.88 Å². The van der Waals surface area contributed by atoms with Crippen LogP contribution >= 0.6 is 0 Å². The Morgan fingerprint density at radius 3 is 2.38 bits per heavy atom. The number of primary amides is 1. The predicted molar refractivity (Wildman–Crippen MR) is 127 cm³/mol. The lowest BCUT2D eigenvalue weighted by atomic mass is 9.76. The van der Waals surface area contributed by atoms with Crippen molar-refractivity contribution >= 4 is 23.2 Å². The van der Waals surface area contributed by atoms with E-state index in [9.17, 15) is 9.59 Å². The summed E-state index contributed by atoms with van der Waals surface area (Å²) >= 11 is 0. The molecular weight excluding hydrogens is 402 g/mol. The number of nitrogens with zero attached hydrogens (tertiary/aromatic N) is 3. The fourth-order valence-corrected chi connectivity index (χ4v) is 4.95. The lowest BCUT2D eigenvalue weighted by Crippen LogP contribution is -2.55. The van der Waals surface area contributed by atoms with Gasteiger partial charge >= 0.3 is 0 Å². The van der Waals surface area contributed by atoms with E-state index in [0.29, 0.717) is 18.7 Å². The average Bonchev–Trinajstić information content (AvgIpc) is 3.10. The molecule has 1 aromatic heterocycles. The van der Waals surface area contributed by atoms with Gasteiger partial charge in [-0.1, -0.05) is 18.9 Å². The molecule has 3 heterocycles. The number of piperidine rings is 1. The van der Waals surface area contributed by atoms with Gasteiger partial charge in [0.1, 0.15) is 5.41 Å². The lowest BCUT2D eigenvalue weighted by molar-refractivity contribution is -0.127. The van der Waals surface area contributed by atoms with Gasteiger partial charge in [-0.05, 0) is 68.6 Å². The van der Waals surface area contributed by atoms with E-state index in [-0.39, 0.29) is 18.4 Å². The van der Waals surface area contributed by atoms with Crippen molar-refractivity contribution < 1.29 is 9.59 Å². The molecule has 1 atom stereocenters. The van der Waals surface area contributed by atoms with Gasteiger partial charge in [0.25, 0.3) is 0 Å². The second-order valence-corrected chi connectivity index (χ2v) is 8.97. The van der Waals surface area contributed by atoms with E-state index in [1.54, 1.807) is 6.20 Å². The number of rotatable bonds is 6. The van der Waals surface area contributed by atoms with Crippen molar-refractivity contribution in [2.75, 3.05) is 42.9 Å². The van der Waals surface area contributed by atoms with Crippen LogP contribution < -0.4 is 16.0 Å². The van der Waals surface area contributed by atoms with E-state index < -0.39 is 5.41 Å². The Kier molecular flexibility index (Phi) is 7.05. The summed E-state index contributed by atoms with van der Waals surface area (Å²) in [5, 5.41) is 3.00. The maximum atomic E-state index is 12.7. The molecule has 1 aromatic carbocycles. The van der Waals surface area contributed by atoms with Gasteiger partial charge in [-0.15, -0.1) is 0 Å². The second kappa shape index (κ2) is 10.1. The number of carbonyl (C=O) groups is 2. The van der Waals surface area contributed by atoms with Crippen LogP contribution in [0.5, 0.6) is 0 Å². The Bertz CT molecular complexity index is 910. The van der Waals surface area contributed by atoms with Crippen LogP contribution in [0.3, 0.4) is 0 Å². The molecule has 0 radical (unpaired) electrons. The summed E-state index contributed by atoms with van der Waals surface area (Å²) in [6.45, 7) is 3.57. The Labute approximate surface area is 190 Å². The first-order valence-corrected chi connectivity index (χ1v) is 11.7. The van der Waals surface area contributed by atoms with E-state index in [0.717, 1.165) is 31.7 Å². The van der Waals surface area contributed by atoms with Gasteiger partial charge in [-0.2, -0.15) is 0 Å². The first-order chi connectivity index (χ1) is 15.6. The topological polar surface area (TPSA) is 91.6 Å². The molecular formula is C25H33N5O2. The molecule has 0 spiro atoms. The van der Waals surface area contributed by atoms with Crippen molar-refractivity contribution in [3.8, 4) is 0 Å². The number of amides is 2. The van der Waals surface area contributed by atoms with Crippen molar-refractivity contribution in [3.05, 3.63) is 54.4 Å². The van der Waals surface area contributed by atoms with Crippen LogP contribution in [0.2, 0.25) is 0 Å². The third kappa shape index (κ3) is 5.10. The molecule has 0 unspecified atom stereocenters. The molecule has 2 aromatic rings. The van der Waals surface area contributed by atoms with E-state index >= 15 is 0 Å². The normalized spacial score (nSPS) is 22.2. The SMILES string of the molecule is NC(=O)[C@@]1(c2ccccn2)CCCN(CC(=O)Nc2ccc(N3CCCCCC3)cc2)C1. The van der Waals surface area contributed by atoms with Crippen molar-refractivity contribution in [1.29, 1.82) is 0 Å². The fraction of sp³-hybridized carbons (Fsp3) is 0.480. The monoisotopic (exact) mass is 435 g/mol. The number of nitrogens with one attached hydrogen (secondary N) is 1. The van der Waals surface area contributed by atoms with E-state index in [1.807, 2.05) is 35.2 Å². The van der Waals surface area contributed by atoms with Crippen molar-refractivity contribution in [2.24, 2.45) is 5.73 Å². The molecule has 2 amide bonds. The fourth-order valence-electron chi connectivity index (χ4n) is 4.95. The highest BCUT2D eigenvalue weighted by Crippen LogP contribution is 2.32. The number of hydrogen-bond donors (Lipinski definition) is 2. The Morgan fingerprint density at radius 1 is 0.969 bits per heavy atom. The molecule has 2 aliphatic rings. The highest BCUT2D eigenvalue weighted by Gasteiger charge is 2.43. The maximum Gasteiger partial charge on any atom is 0.238 e. The standard InChI is InChI=1S/C25H33N5O2/c26-24(32)25(22-8-3-4-14-27-22)13-7-15-29(19-25)18-23(31)28-20-9-11-21(12-10-20)30-16-5-1-2-6-17-30/h3-4,8-12,14H,1-2,5-7,13,15-19H2,(H2,26,32)(H,28,31)/t25-/m0/s1. The molecule has 7 nitrogen and oxygen atoms in total. The second-order valence-electron chi connectivity index (χ2n) is 8.97. The van der Waals surface area contributed by atoms with E-state index in [2.05, 4.69) is 27.3 Å². The van der Waals surface area contributed by atoms with Crippen molar-refractivity contribution in [3.63, 3.8) is 0 Å². The van der Waals surface area contributed by atoms with Gasteiger partial charge in [0.05, 0.1) is 12.2 Å². The largest absolute Gasteiger partial charge is 0.372 e.